The molecule has 1 amide bonds. The molecular formula is C16H20ClN3O. The van der Waals surface area contributed by atoms with Gasteiger partial charge in [0.25, 0.3) is 0 Å². The third-order valence-electron chi connectivity index (χ3n) is 4.29. The summed E-state index contributed by atoms with van der Waals surface area (Å²) in [6.45, 7) is 5.67. The van der Waals surface area contributed by atoms with Crippen molar-refractivity contribution in [2.24, 2.45) is 5.92 Å². The summed E-state index contributed by atoms with van der Waals surface area (Å²) in [6, 6.07) is 7.36. The lowest BCUT2D eigenvalue weighted by Crippen LogP contribution is -2.37. The van der Waals surface area contributed by atoms with Crippen molar-refractivity contribution in [3.05, 3.63) is 28.8 Å². The van der Waals surface area contributed by atoms with Crippen LogP contribution in [0.2, 0.25) is 5.02 Å². The van der Waals surface area contributed by atoms with Crippen molar-refractivity contribution in [1.82, 2.24) is 4.90 Å². The molecule has 2 unspecified atom stereocenters. The molecule has 0 spiro atoms. The smallest absolute Gasteiger partial charge is 0.238 e. The number of nitriles is 1. The first-order valence-corrected chi connectivity index (χ1v) is 7.66. The SMILES string of the molecule is CCC1CCN(CC(=O)Nc2cc(Cl)ccc2C#N)C1C. The summed E-state index contributed by atoms with van der Waals surface area (Å²) >= 11 is 5.92. The third kappa shape index (κ3) is 3.75. The fourth-order valence-corrected chi connectivity index (χ4v) is 3.11. The molecule has 1 aromatic rings. The normalized spacial score (nSPS) is 22.0. The maximum atomic E-state index is 12.2. The van der Waals surface area contributed by atoms with Crippen molar-refractivity contribution in [2.75, 3.05) is 18.4 Å². The van der Waals surface area contributed by atoms with E-state index in [-0.39, 0.29) is 5.91 Å². The van der Waals surface area contributed by atoms with Gasteiger partial charge in [0.05, 0.1) is 17.8 Å². The lowest BCUT2D eigenvalue weighted by molar-refractivity contribution is -0.117. The van der Waals surface area contributed by atoms with Crippen LogP contribution in [-0.2, 0) is 4.79 Å². The van der Waals surface area contributed by atoms with Gasteiger partial charge in [-0.25, -0.2) is 0 Å². The van der Waals surface area contributed by atoms with E-state index < -0.39 is 0 Å². The predicted molar refractivity (Wildman–Crippen MR) is 84.2 cm³/mol. The highest BCUT2D eigenvalue weighted by molar-refractivity contribution is 6.31. The van der Waals surface area contributed by atoms with Gasteiger partial charge in [-0.3, -0.25) is 9.69 Å². The number of hydrogen-bond donors (Lipinski definition) is 1. The second kappa shape index (κ2) is 6.93. The number of likely N-dealkylation sites (tertiary alicyclic amines) is 1. The largest absolute Gasteiger partial charge is 0.324 e. The summed E-state index contributed by atoms with van der Waals surface area (Å²) < 4.78 is 0. The van der Waals surface area contributed by atoms with Gasteiger partial charge in [0.2, 0.25) is 5.91 Å². The van der Waals surface area contributed by atoms with Crippen LogP contribution in [0, 0.1) is 17.2 Å². The first-order chi connectivity index (χ1) is 10.0. The van der Waals surface area contributed by atoms with Crippen molar-refractivity contribution in [3.63, 3.8) is 0 Å². The minimum atomic E-state index is -0.0997. The molecule has 0 radical (unpaired) electrons. The highest BCUT2D eigenvalue weighted by Gasteiger charge is 2.30. The Kier molecular flexibility index (Phi) is 5.22. The molecule has 2 rings (SSSR count). The summed E-state index contributed by atoms with van der Waals surface area (Å²) in [6.07, 6.45) is 2.29. The van der Waals surface area contributed by atoms with Gasteiger partial charge in [-0.05, 0) is 44.0 Å². The number of halogens is 1. The number of carbonyl (C=O) groups excluding carboxylic acids is 1. The number of benzene rings is 1. The third-order valence-corrected chi connectivity index (χ3v) is 4.53. The first-order valence-electron chi connectivity index (χ1n) is 7.28. The molecular weight excluding hydrogens is 286 g/mol. The molecule has 1 aliphatic rings. The van der Waals surface area contributed by atoms with Crippen LogP contribution in [0.15, 0.2) is 18.2 Å². The van der Waals surface area contributed by atoms with Crippen LogP contribution in [0.25, 0.3) is 0 Å². The number of rotatable bonds is 4. The van der Waals surface area contributed by atoms with E-state index in [4.69, 9.17) is 16.9 Å². The zero-order valence-corrected chi connectivity index (χ0v) is 13.2. The Morgan fingerprint density at radius 2 is 2.33 bits per heavy atom. The van der Waals surface area contributed by atoms with Crippen LogP contribution in [-0.4, -0.2) is 29.9 Å². The fraction of sp³-hybridized carbons (Fsp3) is 0.500. The quantitative estimate of drug-likeness (QED) is 0.929. The first kappa shape index (κ1) is 15.8. The van der Waals surface area contributed by atoms with E-state index in [0.717, 1.165) is 19.4 Å². The van der Waals surface area contributed by atoms with Crippen LogP contribution in [0.1, 0.15) is 32.3 Å². The molecule has 1 aliphatic heterocycles. The predicted octanol–water partition coefficient (Wildman–Crippen LogP) is 3.27. The van der Waals surface area contributed by atoms with E-state index in [2.05, 4.69) is 30.1 Å². The van der Waals surface area contributed by atoms with E-state index in [1.54, 1.807) is 18.2 Å². The maximum Gasteiger partial charge on any atom is 0.238 e. The Bertz CT molecular complexity index is 567. The molecule has 0 aliphatic carbocycles. The zero-order valence-electron chi connectivity index (χ0n) is 12.4. The van der Waals surface area contributed by atoms with Crippen molar-refractivity contribution in [3.8, 4) is 6.07 Å². The van der Waals surface area contributed by atoms with Crippen molar-refractivity contribution in [1.29, 1.82) is 5.26 Å². The average molecular weight is 306 g/mol. The molecule has 112 valence electrons. The second-order valence-corrected chi connectivity index (χ2v) is 5.95. The van der Waals surface area contributed by atoms with Crippen LogP contribution in [0.5, 0.6) is 0 Å². The molecule has 5 heteroatoms. The van der Waals surface area contributed by atoms with Crippen molar-refractivity contribution in [2.45, 2.75) is 32.7 Å². The number of nitrogens with zero attached hydrogens (tertiary/aromatic N) is 2. The monoisotopic (exact) mass is 305 g/mol. The number of nitrogens with one attached hydrogen (secondary N) is 1. The highest BCUT2D eigenvalue weighted by atomic mass is 35.5. The molecule has 0 bridgehead atoms. The minimum Gasteiger partial charge on any atom is -0.324 e. The van der Waals surface area contributed by atoms with Crippen molar-refractivity contribution < 1.29 is 4.79 Å². The topological polar surface area (TPSA) is 56.1 Å². The maximum absolute atomic E-state index is 12.2. The molecule has 1 heterocycles. The minimum absolute atomic E-state index is 0.0997. The summed E-state index contributed by atoms with van der Waals surface area (Å²) in [5, 5.41) is 12.4. The van der Waals surface area contributed by atoms with Gasteiger partial charge in [0.1, 0.15) is 6.07 Å². The second-order valence-electron chi connectivity index (χ2n) is 5.52. The average Bonchev–Trinajstić information content (AvgIpc) is 2.79. The Hall–Kier alpha value is -1.57. The highest BCUT2D eigenvalue weighted by Crippen LogP contribution is 2.26. The van der Waals surface area contributed by atoms with Gasteiger partial charge in [-0.15, -0.1) is 0 Å². The molecule has 1 N–H and O–H groups in total. The Morgan fingerprint density at radius 1 is 1.57 bits per heavy atom. The molecule has 1 fully saturated rings. The van der Waals surface area contributed by atoms with E-state index >= 15 is 0 Å². The molecule has 0 saturated carbocycles. The Labute approximate surface area is 130 Å². The van der Waals surface area contributed by atoms with E-state index in [9.17, 15) is 4.79 Å². The summed E-state index contributed by atoms with van der Waals surface area (Å²) in [4.78, 5) is 14.4. The summed E-state index contributed by atoms with van der Waals surface area (Å²) in [5.41, 5.74) is 0.905. The van der Waals surface area contributed by atoms with Gasteiger partial charge in [0.15, 0.2) is 0 Å². The number of amides is 1. The Morgan fingerprint density at radius 3 is 2.95 bits per heavy atom. The lowest BCUT2D eigenvalue weighted by atomic mass is 9.99. The van der Waals surface area contributed by atoms with Gasteiger partial charge in [0, 0.05) is 11.1 Å². The number of carbonyl (C=O) groups is 1. The molecule has 1 saturated heterocycles. The van der Waals surface area contributed by atoms with Gasteiger partial charge in [-0.2, -0.15) is 5.26 Å². The van der Waals surface area contributed by atoms with Crippen LogP contribution < -0.4 is 5.32 Å². The molecule has 1 aromatic carbocycles. The van der Waals surface area contributed by atoms with Gasteiger partial charge >= 0.3 is 0 Å². The number of hydrogen-bond acceptors (Lipinski definition) is 3. The summed E-state index contributed by atoms with van der Waals surface area (Å²) in [5.74, 6) is 0.566. The lowest BCUT2D eigenvalue weighted by Gasteiger charge is -2.23. The van der Waals surface area contributed by atoms with Crippen LogP contribution in [0.4, 0.5) is 5.69 Å². The van der Waals surface area contributed by atoms with E-state index in [1.165, 1.54) is 0 Å². The number of anilines is 1. The molecule has 2 atom stereocenters. The molecule has 0 aromatic heterocycles. The van der Waals surface area contributed by atoms with Crippen LogP contribution >= 0.6 is 11.6 Å². The van der Waals surface area contributed by atoms with Gasteiger partial charge < -0.3 is 5.32 Å². The standard InChI is InChI=1S/C16H20ClN3O/c1-3-12-6-7-20(11(12)2)10-16(21)19-15-8-14(17)5-4-13(15)9-18/h4-5,8,11-12H,3,6-7,10H2,1-2H3,(H,19,21). The van der Waals surface area contributed by atoms with Crippen molar-refractivity contribution >= 4 is 23.2 Å². The zero-order chi connectivity index (χ0) is 15.4. The van der Waals surface area contributed by atoms with E-state index in [0.29, 0.717) is 34.8 Å². The molecule has 21 heavy (non-hydrogen) atoms. The fourth-order valence-electron chi connectivity index (χ4n) is 2.93. The molecule has 4 nitrogen and oxygen atoms in total. The van der Waals surface area contributed by atoms with Gasteiger partial charge in [-0.1, -0.05) is 24.9 Å². The Balaban J connectivity index is 2.00. The van der Waals surface area contributed by atoms with Crippen LogP contribution in [0.3, 0.4) is 0 Å². The van der Waals surface area contributed by atoms with E-state index in [1.807, 2.05) is 0 Å². The summed E-state index contributed by atoms with van der Waals surface area (Å²) in [7, 11) is 0.